The molecule has 146 valence electrons. The van der Waals surface area contributed by atoms with Crippen LogP contribution in [-0.2, 0) is 11.4 Å². The Labute approximate surface area is 168 Å². The van der Waals surface area contributed by atoms with E-state index in [1.54, 1.807) is 11.0 Å². The molecule has 1 saturated heterocycles. The molecule has 2 unspecified atom stereocenters. The molecule has 0 spiro atoms. The van der Waals surface area contributed by atoms with E-state index < -0.39 is 11.9 Å². The first kappa shape index (κ1) is 17.7. The van der Waals surface area contributed by atoms with Crippen molar-refractivity contribution in [1.29, 1.82) is 0 Å². The number of hydrogen-bond acceptors (Lipinski definition) is 3. The number of hydrogen-bond donors (Lipinski definition) is 1. The highest BCUT2D eigenvalue weighted by atomic mass is 16.5. The maximum atomic E-state index is 13.2. The highest BCUT2D eigenvalue weighted by Crippen LogP contribution is 2.44. The molecule has 0 aliphatic carbocycles. The van der Waals surface area contributed by atoms with Crippen LogP contribution >= 0.6 is 0 Å². The summed E-state index contributed by atoms with van der Waals surface area (Å²) in [7, 11) is 0. The molecule has 29 heavy (non-hydrogen) atoms. The van der Waals surface area contributed by atoms with E-state index in [9.17, 15) is 14.7 Å². The Bertz CT molecular complexity index is 1110. The van der Waals surface area contributed by atoms with Crippen LogP contribution in [0.25, 0.3) is 10.8 Å². The zero-order valence-corrected chi connectivity index (χ0v) is 15.9. The van der Waals surface area contributed by atoms with Gasteiger partial charge in [-0.3, -0.25) is 9.59 Å². The van der Waals surface area contributed by atoms with Gasteiger partial charge in [-0.2, -0.15) is 0 Å². The van der Waals surface area contributed by atoms with Crippen molar-refractivity contribution >= 4 is 22.6 Å². The van der Waals surface area contributed by atoms with Crippen LogP contribution in [0.15, 0.2) is 60.7 Å². The van der Waals surface area contributed by atoms with Gasteiger partial charge in [0.2, 0.25) is 0 Å². The molecule has 2 atom stereocenters. The molecule has 3 aromatic rings. The SMILES string of the molecule is O=C(O)C1c2c(cc(OCc3ccccc3)c3ccccc23)C(=O)N2CCCC12. The van der Waals surface area contributed by atoms with E-state index in [1.165, 1.54) is 0 Å². The van der Waals surface area contributed by atoms with Crippen molar-refractivity contribution in [2.75, 3.05) is 6.54 Å². The number of fused-ring (bicyclic) bond motifs is 4. The average molecular weight is 387 g/mol. The van der Waals surface area contributed by atoms with Gasteiger partial charge in [0.25, 0.3) is 5.91 Å². The smallest absolute Gasteiger partial charge is 0.313 e. The fourth-order valence-electron chi connectivity index (χ4n) is 4.76. The predicted octanol–water partition coefficient (Wildman–Crippen LogP) is 4.21. The van der Waals surface area contributed by atoms with Crippen molar-refractivity contribution in [3.8, 4) is 5.75 Å². The van der Waals surface area contributed by atoms with Crippen LogP contribution in [0.1, 0.15) is 40.2 Å². The summed E-state index contributed by atoms with van der Waals surface area (Å²) in [6.45, 7) is 0.992. The van der Waals surface area contributed by atoms with Crippen LogP contribution in [0.5, 0.6) is 5.75 Å². The number of carboxylic acids is 1. The van der Waals surface area contributed by atoms with E-state index in [0.717, 1.165) is 29.2 Å². The Morgan fingerprint density at radius 3 is 2.55 bits per heavy atom. The lowest BCUT2D eigenvalue weighted by atomic mass is 9.80. The topological polar surface area (TPSA) is 66.8 Å². The van der Waals surface area contributed by atoms with Crippen molar-refractivity contribution in [1.82, 2.24) is 4.90 Å². The third kappa shape index (κ3) is 2.85. The van der Waals surface area contributed by atoms with Crippen molar-refractivity contribution in [2.45, 2.75) is 31.4 Å². The highest BCUT2D eigenvalue weighted by Gasteiger charge is 2.46. The molecule has 0 aromatic heterocycles. The standard InChI is InChI=1S/C24H21NO4/c26-23-18-13-20(29-14-15-7-2-1-3-8-15)16-9-4-5-10-17(16)21(18)22(24(27)28)19-11-6-12-25(19)23/h1-5,7-10,13,19,22H,6,11-12,14H2,(H,27,28). The van der Waals surface area contributed by atoms with Crippen molar-refractivity contribution in [3.63, 3.8) is 0 Å². The van der Waals surface area contributed by atoms with Crippen molar-refractivity contribution in [2.24, 2.45) is 0 Å². The Morgan fingerprint density at radius 1 is 1.07 bits per heavy atom. The fourth-order valence-corrected chi connectivity index (χ4v) is 4.76. The van der Waals surface area contributed by atoms with Gasteiger partial charge in [-0.15, -0.1) is 0 Å². The number of carbonyl (C=O) groups excluding carboxylic acids is 1. The van der Waals surface area contributed by atoms with Gasteiger partial charge < -0.3 is 14.7 Å². The minimum atomic E-state index is -0.876. The molecule has 0 bridgehead atoms. The molecule has 1 N–H and O–H groups in total. The molecule has 0 radical (unpaired) electrons. The molecular weight excluding hydrogens is 366 g/mol. The minimum Gasteiger partial charge on any atom is -0.488 e. The van der Waals surface area contributed by atoms with Gasteiger partial charge in [0.05, 0.1) is 0 Å². The molecule has 5 nitrogen and oxygen atoms in total. The summed E-state index contributed by atoms with van der Waals surface area (Å²) in [5.74, 6) is -1.06. The zero-order chi connectivity index (χ0) is 20.0. The maximum absolute atomic E-state index is 13.2. The quantitative estimate of drug-likeness (QED) is 0.728. The van der Waals surface area contributed by atoms with Gasteiger partial charge in [-0.25, -0.2) is 0 Å². The van der Waals surface area contributed by atoms with Crippen LogP contribution < -0.4 is 4.74 Å². The molecule has 1 fully saturated rings. The monoisotopic (exact) mass is 387 g/mol. The van der Waals surface area contributed by atoms with Crippen LogP contribution in [0.4, 0.5) is 0 Å². The number of carbonyl (C=O) groups is 2. The predicted molar refractivity (Wildman–Crippen MR) is 109 cm³/mol. The fraction of sp³-hybridized carbons (Fsp3) is 0.250. The Morgan fingerprint density at radius 2 is 1.79 bits per heavy atom. The summed E-state index contributed by atoms with van der Waals surface area (Å²) in [6, 6.07) is 18.9. The summed E-state index contributed by atoms with van der Waals surface area (Å²) in [5, 5.41) is 11.7. The summed E-state index contributed by atoms with van der Waals surface area (Å²) >= 11 is 0. The number of benzene rings is 3. The Kier molecular flexibility index (Phi) is 4.23. The second kappa shape index (κ2) is 6.92. The number of ether oxygens (including phenoxy) is 1. The number of rotatable bonds is 4. The molecule has 2 aliphatic rings. The first-order chi connectivity index (χ1) is 14.1. The average Bonchev–Trinajstić information content (AvgIpc) is 3.23. The largest absolute Gasteiger partial charge is 0.488 e. The van der Waals surface area contributed by atoms with Gasteiger partial charge >= 0.3 is 5.97 Å². The molecule has 3 aromatic carbocycles. The number of carboxylic acid groups (broad SMARTS) is 1. The summed E-state index contributed by atoms with van der Waals surface area (Å²) < 4.78 is 6.11. The van der Waals surface area contributed by atoms with Gasteiger partial charge in [0, 0.05) is 23.5 Å². The summed E-state index contributed by atoms with van der Waals surface area (Å²) in [6.07, 6.45) is 1.56. The molecule has 1 amide bonds. The van der Waals surface area contributed by atoms with Crippen molar-refractivity contribution in [3.05, 3.63) is 77.4 Å². The van der Waals surface area contributed by atoms with Gasteiger partial charge in [0.15, 0.2) is 0 Å². The van der Waals surface area contributed by atoms with E-state index >= 15 is 0 Å². The van der Waals surface area contributed by atoms with Gasteiger partial charge in [-0.05, 0) is 35.4 Å². The molecule has 5 rings (SSSR count). The Balaban J connectivity index is 1.67. The number of nitrogens with zero attached hydrogens (tertiary/aromatic N) is 1. The number of amides is 1. The van der Waals surface area contributed by atoms with E-state index in [-0.39, 0.29) is 11.9 Å². The van der Waals surface area contributed by atoms with Gasteiger partial charge in [0.1, 0.15) is 18.3 Å². The van der Waals surface area contributed by atoms with E-state index in [0.29, 0.717) is 30.0 Å². The lowest BCUT2D eigenvalue weighted by Gasteiger charge is -2.37. The third-order valence-electron chi connectivity index (χ3n) is 6.04. The first-order valence-corrected chi connectivity index (χ1v) is 9.91. The highest BCUT2D eigenvalue weighted by molar-refractivity contribution is 6.08. The Hall–Kier alpha value is -3.34. The van der Waals surface area contributed by atoms with E-state index in [2.05, 4.69) is 0 Å². The first-order valence-electron chi connectivity index (χ1n) is 9.91. The van der Waals surface area contributed by atoms with Crippen LogP contribution in [0.2, 0.25) is 0 Å². The second-order valence-electron chi connectivity index (χ2n) is 7.68. The molecule has 5 heteroatoms. The summed E-state index contributed by atoms with van der Waals surface area (Å²) in [5.41, 5.74) is 2.12. The van der Waals surface area contributed by atoms with Gasteiger partial charge in [-0.1, -0.05) is 54.6 Å². The third-order valence-corrected chi connectivity index (χ3v) is 6.04. The van der Waals surface area contributed by atoms with E-state index in [4.69, 9.17) is 4.74 Å². The maximum Gasteiger partial charge on any atom is 0.313 e. The van der Waals surface area contributed by atoms with Crippen LogP contribution in [0.3, 0.4) is 0 Å². The molecule has 2 heterocycles. The molecule has 0 saturated carbocycles. The minimum absolute atomic E-state index is 0.0877. The zero-order valence-electron chi connectivity index (χ0n) is 15.9. The second-order valence-corrected chi connectivity index (χ2v) is 7.68. The normalized spacial score (nSPS) is 20.4. The molecule has 2 aliphatic heterocycles. The molecular formula is C24H21NO4. The van der Waals surface area contributed by atoms with Crippen LogP contribution in [0, 0.1) is 0 Å². The summed E-state index contributed by atoms with van der Waals surface area (Å²) in [4.78, 5) is 27.2. The van der Waals surface area contributed by atoms with E-state index in [1.807, 2.05) is 54.6 Å². The lowest BCUT2D eigenvalue weighted by molar-refractivity contribution is -0.140. The lowest BCUT2D eigenvalue weighted by Crippen LogP contribution is -2.46. The number of aliphatic carboxylic acids is 1. The van der Waals surface area contributed by atoms with Crippen molar-refractivity contribution < 1.29 is 19.4 Å². The van der Waals surface area contributed by atoms with Crippen LogP contribution in [-0.4, -0.2) is 34.5 Å².